The highest BCUT2D eigenvalue weighted by Crippen LogP contribution is 2.36. The van der Waals surface area contributed by atoms with E-state index in [2.05, 4.69) is 13.8 Å². The van der Waals surface area contributed by atoms with E-state index in [1.807, 2.05) is 0 Å². The monoisotopic (exact) mass is 452 g/mol. The van der Waals surface area contributed by atoms with Gasteiger partial charge < -0.3 is 14.5 Å². The van der Waals surface area contributed by atoms with Crippen molar-refractivity contribution in [2.45, 2.75) is 123 Å². The van der Waals surface area contributed by atoms with Gasteiger partial charge in [-0.1, -0.05) is 104 Å². The Labute approximate surface area is 185 Å². The summed E-state index contributed by atoms with van der Waals surface area (Å²) in [5.74, 6) is 1.76. The minimum Gasteiger partial charge on any atom is -0.377 e. The van der Waals surface area contributed by atoms with Gasteiger partial charge in [-0.15, -0.1) is 0 Å². The topological polar surface area (TPSA) is 66.8 Å². The molecule has 0 saturated carbocycles. The van der Waals surface area contributed by atoms with Gasteiger partial charge in [0.25, 0.3) is 0 Å². The Bertz CT molecular complexity index is 376. The third-order valence-corrected chi connectivity index (χ3v) is 7.31. The van der Waals surface area contributed by atoms with E-state index >= 15 is 0 Å². The van der Waals surface area contributed by atoms with E-state index in [0.29, 0.717) is 12.4 Å². The molecular weight excluding hydrogens is 403 g/mol. The fraction of sp³-hybridized carbons (Fsp3) is 1.00. The van der Waals surface area contributed by atoms with E-state index in [0.717, 1.165) is 18.6 Å². The Morgan fingerprint density at radius 3 is 1.66 bits per heavy atom. The molecule has 0 aliphatic carbocycles. The molecule has 0 aromatic carbocycles. The summed E-state index contributed by atoms with van der Waals surface area (Å²) in [7, 11) is -4.02. The first-order valence-electron chi connectivity index (χ1n) is 12.2. The van der Waals surface area contributed by atoms with Crippen LogP contribution in [-0.2, 0) is 9.30 Å². The van der Waals surface area contributed by atoms with E-state index in [1.54, 1.807) is 11.8 Å². The highest BCUT2D eigenvalue weighted by atomic mass is 32.2. The maximum atomic E-state index is 11.4. The standard InChI is InChI=1S/C23H49O4PS/c1-3-5-7-9-11-13-15-17-19-27-23(21-28(24,25)26)22-29-20-18-16-14-12-10-8-6-4-2/h23H,3-22H2,1-2H3,(H2,24,25,26). The molecule has 0 amide bonds. The minimum absolute atomic E-state index is 0.144. The molecule has 0 aliphatic rings. The molecule has 1 unspecified atom stereocenters. The van der Waals surface area contributed by atoms with Crippen molar-refractivity contribution >= 4 is 19.4 Å². The summed E-state index contributed by atoms with van der Waals surface area (Å²) in [6, 6.07) is 0. The molecule has 6 heteroatoms. The van der Waals surface area contributed by atoms with Crippen molar-refractivity contribution in [2.75, 3.05) is 24.3 Å². The first-order chi connectivity index (χ1) is 14.0. The Kier molecular flexibility index (Phi) is 22.0. The van der Waals surface area contributed by atoms with Crippen molar-refractivity contribution in [3.8, 4) is 0 Å². The third kappa shape index (κ3) is 24.6. The molecule has 0 rings (SSSR count). The first kappa shape index (κ1) is 29.5. The Hall–Kier alpha value is 0.460. The molecule has 0 aliphatic heterocycles. The van der Waals surface area contributed by atoms with Crippen LogP contribution in [0.25, 0.3) is 0 Å². The van der Waals surface area contributed by atoms with Crippen LogP contribution in [0.5, 0.6) is 0 Å². The average molecular weight is 453 g/mol. The van der Waals surface area contributed by atoms with E-state index < -0.39 is 7.60 Å². The lowest BCUT2D eigenvalue weighted by Crippen LogP contribution is -2.22. The molecule has 29 heavy (non-hydrogen) atoms. The third-order valence-electron chi connectivity index (χ3n) is 5.24. The summed E-state index contributed by atoms with van der Waals surface area (Å²) in [6.07, 6.45) is 20.0. The predicted octanol–water partition coefficient (Wildman–Crippen LogP) is 7.56. The normalized spacial score (nSPS) is 13.1. The van der Waals surface area contributed by atoms with E-state index in [1.165, 1.54) is 89.9 Å². The number of thioether (sulfide) groups is 1. The second kappa shape index (κ2) is 21.7. The van der Waals surface area contributed by atoms with Gasteiger partial charge in [-0.05, 0) is 18.6 Å². The van der Waals surface area contributed by atoms with Crippen LogP contribution in [0.3, 0.4) is 0 Å². The second-order valence-electron chi connectivity index (χ2n) is 8.36. The van der Waals surface area contributed by atoms with Crippen molar-refractivity contribution in [1.29, 1.82) is 0 Å². The van der Waals surface area contributed by atoms with Crippen LogP contribution in [-0.4, -0.2) is 40.2 Å². The molecule has 176 valence electrons. The maximum Gasteiger partial charge on any atom is 0.328 e. The van der Waals surface area contributed by atoms with Gasteiger partial charge in [-0.3, -0.25) is 4.57 Å². The number of hydrogen-bond donors (Lipinski definition) is 2. The molecule has 0 bridgehead atoms. The van der Waals surface area contributed by atoms with Gasteiger partial charge >= 0.3 is 7.60 Å². The van der Waals surface area contributed by atoms with Gasteiger partial charge in [0.2, 0.25) is 0 Å². The molecule has 0 radical (unpaired) electrons. The van der Waals surface area contributed by atoms with Crippen LogP contribution < -0.4 is 0 Å². The van der Waals surface area contributed by atoms with Crippen LogP contribution in [0.2, 0.25) is 0 Å². The highest BCUT2D eigenvalue weighted by molar-refractivity contribution is 7.99. The van der Waals surface area contributed by atoms with Gasteiger partial charge in [0.15, 0.2) is 0 Å². The van der Waals surface area contributed by atoms with Crippen molar-refractivity contribution < 1.29 is 19.1 Å². The van der Waals surface area contributed by atoms with Crippen molar-refractivity contribution in [2.24, 2.45) is 0 Å². The zero-order chi connectivity index (χ0) is 21.6. The minimum atomic E-state index is -4.02. The Morgan fingerprint density at radius 1 is 0.724 bits per heavy atom. The quantitative estimate of drug-likeness (QED) is 0.124. The fourth-order valence-corrected chi connectivity index (χ4v) is 5.45. The Balaban J connectivity index is 3.72. The van der Waals surface area contributed by atoms with E-state index in [4.69, 9.17) is 4.74 Å². The smallest absolute Gasteiger partial charge is 0.328 e. The summed E-state index contributed by atoms with van der Waals surface area (Å²) in [5.41, 5.74) is 0. The molecule has 0 heterocycles. The van der Waals surface area contributed by atoms with Gasteiger partial charge in [-0.2, -0.15) is 11.8 Å². The summed E-state index contributed by atoms with van der Waals surface area (Å²) >= 11 is 1.79. The number of rotatable bonds is 23. The zero-order valence-electron chi connectivity index (χ0n) is 19.3. The summed E-state index contributed by atoms with van der Waals surface area (Å²) in [5, 5.41) is 0. The molecule has 0 fully saturated rings. The summed E-state index contributed by atoms with van der Waals surface area (Å²) in [4.78, 5) is 18.6. The number of ether oxygens (including phenoxy) is 1. The van der Waals surface area contributed by atoms with Gasteiger partial charge in [0.1, 0.15) is 0 Å². The SMILES string of the molecule is CCCCCCCCCCOC(CSCCCCCCCCCC)CP(=O)(O)O. The lowest BCUT2D eigenvalue weighted by molar-refractivity contribution is 0.0774. The molecule has 0 spiro atoms. The first-order valence-corrected chi connectivity index (χ1v) is 15.2. The molecule has 0 aromatic heterocycles. The molecule has 2 N–H and O–H groups in total. The fourth-order valence-electron chi connectivity index (χ4n) is 3.46. The van der Waals surface area contributed by atoms with Crippen molar-refractivity contribution in [3.63, 3.8) is 0 Å². The largest absolute Gasteiger partial charge is 0.377 e. The predicted molar refractivity (Wildman–Crippen MR) is 129 cm³/mol. The maximum absolute atomic E-state index is 11.4. The molecule has 0 aromatic rings. The van der Waals surface area contributed by atoms with Crippen LogP contribution in [0.4, 0.5) is 0 Å². The molecular formula is C23H49O4PS. The van der Waals surface area contributed by atoms with E-state index in [-0.39, 0.29) is 12.3 Å². The number of hydrogen-bond acceptors (Lipinski definition) is 3. The van der Waals surface area contributed by atoms with Crippen LogP contribution in [0, 0.1) is 0 Å². The lowest BCUT2D eigenvalue weighted by atomic mass is 10.1. The van der Waals surface area contributed by atoms with Crippen LogP contribution in [0.15, 0.2) is 0 Å². The van der Waals surface area contributed by atoms with Crippen molar-refractivity contribution in [3.05, 3.63) is 0 Å². The van der Waals surface area contributed by atoms with Gasteiger partial charge in [-0.25, -0.2) is 0 Å². The average Bonchev–Trinajstić information content (AvgIpc) is 2.66. The van der Waals surface area contributed by atoms with Gasteiger partial charge in [0.05, 0.1) is 12.3 Å². The molecule has 1 atom stereocenters. The van der Waals surface area contributed by atoms with Gasteiger partial charge in [0, 0.05) is 12.4 Å². The highest BCUT2D eigenvalue weighted by Gasteiger charge is 2.22. The zero-order valence-corrected chi connectivity index (χ0v) is 21.0. The lowest BCUT2D eigenvalue weighted by Gasteiger charge is -2.18. The van der Waals surface area contributed by atoms with Crippen LogP contribution in [0.1, 0.15) is 117 Å². The summed E-state index contributed by atoms with van der Waals surface area (Å²) < 4.78 is 17.2. The Morgan fingerprint density at radius 2 is 1.17 bits per heavy atom. The summed E-state index contributed by atoms with van der Waals surface area (Å²) in [6.45, 7) is 5.10. The molecule has 0 saturated heterocycles. The molecule has 4 nitrogen and oxygen atoms in total. The number of unbranched alkanes of at least 4 members (excludes halogenated alkanes) is 14. The van der Waals surface area contributed by atoms with E-state index in [9.17, 15) is 14.4 Å². The second-order valence-corrected chi connectivity index (χ2v) is 11.2. The van der Waals surface area contributed by atoms with Crippen molar-refractivity contribution in [1.82, 2.24) is 0 Å². The van der Waals surface area contributed by atoms with Crippen LogP contribution >= 0.6 is 19.4 Å².